The molecule has 0 radical (unpaired) electrons. The second-order valence-electron chi connectivity index (χ2n) is 5.77. The average Bonchev–Trinajstić information content (AvgIpc) is 3.03. The Morgan fingerprint density at radius 1 is 1.42 bits per heavy atom. The zero-order chi connectivity index (χ0) is 13.2. The van der Waals surface area contributed by atoms with Gasteiger partial charge in [0.15, 0.2) is 0 Å². The number of amides is 1. The van der Waals surface area contributed by atoms with E-state index in [0.717, 1.165) is 45.1 Å². The first-order chi connectivity index (χ1) is 9.24. The van der Waals surface area contributed by atoms with Gasteiger partial charge >= 0.3 is 0 Å². The molecule has 0 bridgehead atoms. The van der Waals surface area contributed by atoms with Crippen LogP contribution in [0.15, 0.2) is 11.4 Å². The highest BCUT2D eigenvalue weighted by Gasteiger charge is 2.28. The van der Waals surface area contributed by atoms with Gasteiger partial charge in [0.1, 0.15) is 0 Å². The number of alkyl halides is 1. The van der Waals surface area contributed by atoms with Crippen molar-refractivity contribution in [2.75, 3.05) is 6.54 Å². The molecule has 2 aliphatic carbocycles. The molecule has 1 heterocycles. The molecule has 1 aromatic heterocycles. The Balaban J connectivity index is 1.57. The molecular weight excluding hydrogens is 278 g/mol. The number of nitrogens with one attached hydrogen (secondary N) is 1. The van der Waals surface area contributed by atoms with E-state index in [2.05, 4.69) is 16.8 Å². The molecule has 0 saturated heterocycles. The van der Waals surface area contributed by atoms with Crippen molar-refractivity contribution in [1.82, 2.24) is 5.32 Å². The van der Waals surface area contributed by atoms with Crippen molar-refractivity contribution in [2.45, 2.75) is 49.8 Å². The van der Waals surface area contributed by atoms with Crippen molar-refractivity contribution in [3.05, 3.63) is 21.9 Å². The first kappa shape index (κ1) is 13.4. The number of halogens is 1. The third kappa shape index (κ3) is 2.97. The van der Waals surface area contributed by atoms with Crippen molar-refractivity contribution in [1.29, 1.82) is 0 Å². The quantitative estimate of drug-likeness (QED) is 0.847. The number of thiophene rings is 1. The molecule has 3 unspecified atom stereocenters. The minimum absolute atomic E-state index is 0.0863. The van der Waals surface area contributed by atoms with Crippen molar-refractivity contribution in [3.63, 3.8) is 0 Å². The highest BCUT2D eigenvalue weighted by Crippen LogP contribution is 2.35. The van der Waals surface area contributed by atoms with Crippen LogP contribution in [0.5, 0.6) is 0 Å². The van der Waals surface area contributed by atoms with Crippen molar-refractivity contribution < 1.29 is 4.79 Å². The fourth-order valence-corrected chi connectivity index (χ4v) is 4.69. The van der Waals surface area contributed by atoms with E-state index in [1.54, 1.807) is 11.3 Å². The Kier molecular flexibility index (Phi) is 4.13. The van der Waals surface area contributed by atoms with Gasteiger partial charge in [0.2, 0.25) is 5.91 Å². The molecule has 2 nitrogen and oxygen atoms in total. The van der Waals surface area contributed by atoms with Crippen LogP contribution < -0.4 is 5.32 Å². The van der Waals surface area contributed by atoms with Gasteiger partial charge in [0.05, 0.1) is 5.92 Å². The number of carbonyl (C=O) groups is 1. The Hall–Kier alpha value is -0.540. The van der Waals surface area contributed by atoms with Gasteiger partial charge in [-0.25, -0.2) is 0 Å². The van der Waals surface area contributed by atoms with Crippen molar-refractivity contribution in [3.8, 4) is 0 Å². The first-order valence-corrected chi connectivity index (χ1v) is 8.53. The maximum Gasteiger partial charge on any atom is 0.227 e. The lowest BCUT2D eigenvalue weighted by atomic mass is 9.87. The van der Waals surface area contributed by atoms with Crippen LogP contribution in [-0.2, 0) is 11.2 Å². The summed E-state index contributed by atoms with van der Waals surface area (Å²) in [5.41, 5.74) is 1.27. The predicted octanol–water partition coefficient (Wildman–Crippen LogP) is 3.69. The third-order valence-corrected chi connectivity index (χ3v) is 5.80. The van der Waals surface area contributed by atoms with Crippen LogP contribution in [0.3, 0.4) is 0 Å². The van der Waals surface area contributed by atoms with Gasteiger partial charge in [-0.3, -0.25) is 4.79 Å². The van der Waals surface area contributed by atoms with Gasteiger partial charge < -0.3 is 5.32 Å². The summed E-state index contributed by atoms with van der Waals surface area (Å²) >= 11 is 7.90. The van der Waals surface area contributed by atoms with Gasteiger partial charge in [-0.1, -0.05) is 0 Å². The molecule has 0 aromatic carbocycles. The molecule has 0 spiro atoms. The minimum atomic E-state index is 0.0863. The summed E-state index contributed by atoms with van der Waals surface area (Å²) in [6.07, 6.45) is 6.59. The molecule has 4 heteroatoms. The molecule has 2 aliphatic rings. The summed E-state index contributed by atoms with van der Waals surface area (Å²) in [4.78, 5) is 13.8. The number of carbonyl (C=O) groups excluding carboxylic acids is 1. The molecule has 3 rings (SSSR count). The highest BCUT2D eigenvalue weighted by atomic mass is 35.5. The van der Waals surface area contributed by atoms with Gasteiger partial charge in [-0.05, 0) is 61.5 Å². The molecule has 0 aliphatic heterocycles. The zero-order valence-corrected chi connectivity index (χ0v) is 12.6. The van der Waals surface area contributed by atoms with Crippen molar-refractivity contribution >= 4 is 28.8 Å². The maximum atomic E-state index is 12.4. The monoisotopic (exact) mass is 297 g/mol. The molecule has 104 valence electrons. The predicted molar refractivity (Wildman–Crippen MR) is 80.0 cm³/mol. The topological polar surface area (TPSA) is 29.1 Å². The second-order valence-corrected chi connectivity index (χ2v) is 7.38. The number of aryl methyl sites for hydroxylation is 1. The Morgan fingerprint density at radius 2 is 2.32 bits per heavy atom. The fraction of sp³-hybridized carbons (Fsp3) is 0.667. The van der Waals surface area contributed by atoms with Gasteiger partial charge in [-0.15, -0.1) is 22.9 Å². The van der Waals surface area contributed by atoms with Crippen LogP contribution in [-0.4, -0.2) is 17.8 Å². The highest BCUT2D eigenvalue weighted by molar-refractivity contribution is 7.10. The molecular formula is C15H20ClNOS. The minimum Gasteiger partial charge on any atom is -0.355 e. The molecule has 19 heavy (non-hydrogen) atoms. The maximum absolute atomic E-state index is 12.4. The molecule has 3 atom stereocenters. The first-order valence-electron chi connectivity index (χ1n) is 7.22. The van der Waals surface area contributed by atoms with E-state index in [1.807, 2.05) is 0 Å². The van der Waals surface area contributed by atoms with E-state index in [9.17, 15) is 4.79 Å². The number of hydrogen-bond acceptors (Lipinski definition) is 2. The van der Waals surface area contributed by atoms with Crippen LogP contribution in [0.25, 0.3) is 0 Å². The number of hydrogen-bond donors (Lipinski definition) is 1. The smallest absolute Gasteiger partial charge is 0.227 e. The number of rotatable bonds is 3. The zero-order valence-electron chi connectivity index (χ0n) is 11.0. The number of fused-ring (bicyclic) bond motifs is 1. The normalized spacial score (nSPS) is 30.1. The third-order valence-electron chi connectivity index (χ3n) is 4.41. The summed E-state index contributed by atoms with van der Waals surface area (Å²) in [5.74, 6) is 0.887. The summed E-state index contributed by atoms with van der Waals surface area (Å²) in [6, 6.07) is 2.13. The van der Waals surface area contributed by atoms with Gasteiger partial charge in [0, 0.05) is 16.8 Å². The largest absolute Gasteiger partial charge is 0.355 e. The SMILES string of the molecule is O=C(NCC1CCC(Cl)C1)C1CCCc2sccc21. The van der Waals surface area contributed by atoms with E-state index >= 15 is 0 Å². The van der Waals surface area contributed by atoms with Crippen LogP contribution >= 0.6 is 22.9 Å². The summed E-state index contributed by atoms with van der Waals surface area (Å²) in [6.45, 7) is 0.804. The summed E-state index contributed by atoms with van der Waals surface area (Å²) in [7, 11) is 0. The molecule has 1 amide bonds. The lowest BCUT2D eigenvalue weighted by Crippen LogP contribution is -2.34. The van der Waals surface area contributed by atoms with E-state index in [4.69, 9.17) is 11.6 Å². The lowest BCUT2D eigenvalue weighted by Gasteiger charge is -2.22. The van der Waals surface area contributed by atoms with E-state index in [0.29, 0.717) is 11.3 Å². The van der Waals surface area contributed by atoms with Crippen LogP contribution in [0.1, 0.15) is 48.5 Å². The molecule has 1 fully saturated rings. The molecule has 1 aromatic rings. The second kappa shape index (κ2) is 5.84. The fourth-order valence-electron chi connectivity index (χ4n) is 3.33. The van der Waals surface area contributed by atoms with Gasteiger partial charge in [0.25, 0.3) is 0 Å². The Morgan fingerprint density at radius 3 is 3.11 bits per heavy atom. The Labute approximate surface area is 123 Å². The van der Waals surface area contributed by atoms with Gasteiger partial charge in [-0.2, -0.15) is 0 Å². The Bertz CT molecular complexity index is 459. The van der Waals surface area contributed by atoms with Crippen LogP contribution in [0.4, 0.5) is 0 Å². The van der Waals surface area contributed by atoms with Crippen LogP contribution in [0.2, 0.25) is 0 Å². The van der Waals surface area contributed by atoms with Crippen molar-refractivity contribution in [2.24, 2.45) is 5.92 Å². The summed E-state index contributed by atoms with van der Waals surface area (Å²) < 4.78 is 0. The average molecular weight is 298 g/mol. The van der Waals surface area contributed by atoms with E-state index in [1.165, 1.54) is 10.4 Å². The lowest BCUT2D eigenvalue weighted by molar-refractivity contribution is -0.123. The van der Waals surface area contributed by atoms with E-state index in [-0.39, 0.29) is 11.8 Å². The van der Waals surface area contributed by atoms with E-state index < -0.39 is 0 Å². The molecule has 1 N–H and O–H groups in total. The molecule has 1 saturated carbocycles. The standard InChI is InChI=1S/C15H20ClNOS/c16-11-5-4-10(8-11)9-17-15(18)13-2-1-3-14-12(13)6-7-19-14/h6-7,10-11,13H,1-5,8-9H2,(H,17,18). The van der Waals surface area contributed by atoms with Crippen LogP contribution in [0, 0.1) is 5.92 Å². The summed E-state index contributed by atoms with van der Waals surface area (Å²) in [5, 5.41) is 5.59.